The van der Waals surface area contributed by atoms with Gasteiger partial charge < -0.3 is 10.2 Å². The van der Waals surface area contributed by atoms with E-state index in [1.165, 1.54) is 16.8 Å². The number of fused-ring (bicyclic) bond motifs is 1. The molecular formula is C23H27N5O. The molecule has 0 fully saturated rings. The second-order valence-electron chi connectivity index (χ2n) is 7.43. The monoisotopic (exact) mass is 389 g/mol. The van der Waals surface area contributed by atoms with Crippen molar-refractivity contribution in [3.63, 3.8) is 0 Å². The number of nitrogens with zero attached hydrogens (tertiary/aromatic N) is 4. The number of para-hydroxylation sites is 1. The first kappa shape index (κ1) is 19.2. The minimum absolute atomic E-state index is 0.162. The Hall–Kier alpha value is -3.15. The van der Waals surface area contributed by atoms with Crippen LogP contribution in [0.4, 0.5) is 5.69 Å². The average Bonchev–Trinajstić information content (AvgIpc) is 3.24. The summed E-state index contributed by atoms with van der Waals surface area (Å²) in [5.41, 5.74) is 4.37. The summed E-state index contributed by atoms with van der Waals surface area (Å²) in [6.07, 6.45) is 5.97. The predicted molar refractivity (Wildman–Crippen MR) is 114 cm³/mol. The first-order chi connectivity index (χ1) is 14.3. The molecule has 3 aromatic rings. The van der Waals surface area contributed by atoms with Crippen LogP contribution in [-0.2, 0) is 19.4 Å². The lowest BCUT2D eigenvalue weighted by Gasteiger charge is -2.31. The zero-order valence-electron chi connectivity index (χ0n) is 16.6. The van der Waals surface area contributed by atoms with E-state index in [1.54, 1.807) is 10.9 Å². The summed E-state index contributed by atoms with van der Waals surface area (Å²) in [7, 11) is 0. The van der Waals surface area contributed by atoms with Crippen LogP contribution in [0.25, 0.3) is 0 Å². The third-order valence-electron chi connectivity index (χ3n) is 5.34. The molecule has 1 aliphatic heterocycles. The van der Waals surface area contributed by atoms with Gasteiger partial charge in [-0.1, -0.05) is 53.7 Å². The molecule has 1 amide bonds. The fraction of sp³-hybridized carbons (Fsp3) is 0.348. The lowest BCUT2D eigenvalue weighted by Crippen LogP contribution is -2.37. The summed E-state index contributed by atoms with van der Waals surface area (Å²) in [4.78, 5) is 14.7. The molecule has 0 aliphatic carbocycles. The van der Waals surface area contributed by atoms with E-state index in [1.807, 2.05) is 6.07 Å². The Morgan fingerprint density at radius 1 is 1.03 bits per heavy atom. The summed E-state index contributed by atoms with van der Waals surface area (Å²) in [5.74, 6) is -0.162. The number of aromatic nitrogens is 3. The number of carbonyl (C=O) groups excluding carboxylic acids is 1. The molecule has 6 heteroatoms. The maximum absolute atomic E-state index is 12.4. The Kier molecular flexibility index (Phi) is 6.19. The quantitative estimate of drug-likeness (QED) is 0.643. The fourth-order valence-electron chi connectivity index (χ4n) is 3.84. The van der Waals surface area contributed by atoms with E-state index in [4.69, 9.17) is 0 Å². The minimum Gasteiger partial charge on any atom is -0.370 e. The number of aryl methyl sites for hydroxylation is 3. The van der Waals surface area contributed by atoms with Gasteiger partial charge in [-0.25, -0.2) is 0 Å². The van der Waals surface area contributed by atoms with Gasteiger partial charge in [-0.3, -0.25) is 9.48 Å². The van der Waals surface area contributed by atoms with Crippen LogP contribution in [0.3, 0.4) is 0 Å². The molecule has 0 saturated heterocycles. The first-order valence-corrected chi connectivity index (χ1v) is 10.3. The second kappa shape index (κ2) is 9.37. The van der Waals surface area contributed by atoms with Crippen LogP contribution >= 0.6 is 0 Å². The summed E-state index contributed by atoms with van der Waals surface area (Å²) >= 11 is 0. The number of anilines is 1. The third-order valence-corrected chi connectivity index (χ3v) is 5.34. The highest BCUT2D eigenvalue weighted by molar-refractivity contribution is 5.91. The van der Waals surface area contributed by atoms with Crippen LogP contribution in [0.1, 0.15) is 34.5 Å². The van der Waals surface area contributed by atoms with Crippen molar-refractivity contribution in [2.24, 2.45) is 0 Å². The lowest BCUT2D eigenvalue weighted by atomic mass is 10.0. The van der Waals surface area contributed by atoms with Crippen LogP contribution in [0.15, 0.2) is 60.8 Å². The molecule has 1 N–H and O–H groups in total. The number of amides is 1. The fourth-order valence-corrected chi connectivity index (χ4v) is 3.84. The Morgan fingerprint density at radius 3 is 2.76 bits per heavy atom. The number of hydrogen-bond acceptors (Lipinski definition) is 4. The molecule has 0 unspecified atom stereocenters. The summed E-state index contributed by atoms with van der Waals surface area (Å²) in [6.45, 7) is 3.17. The van der Waals surface area contributed by atoms with Crippen LogP contribution in [-0.4, -0.2) is 40.5 Å². The molecule has 150 valence electrons. The van der Waals surface area contributed by atoms with Gasteiger partial charge in [0.25, 0.3) is 5.91 Å². The van der Waals surface area contributed by atoms with Gasteiger partial charge in [0, 0.05) is 31.9 Å². The van der Waals surface area contributed by atoms with Gasteiger partial charge in [0.1, 0.15) is 0 Å². The Labute approximate surface area is 171 Å². The normalized spacial score (nSPS) is 13.2. The van der Waals surface area contributed by atoms with Gasteiger partial charge in [-0.2, -0.15) is 0 Å². The van der Waals surface area contributed by atoms with Crippen molar-refractivity contribution in [3.8, 4) is 0 Å². The highest BCUT2D eigenvalue weighted by Gasteiger charge is 2.16. The van der Waals surface area contributed by atoms with Crippen molar-refractivity contribution < 1.29 is 4.79 Å². The van der Waals surface area contributed by atoms with Gasteiger partial charge in [0.2, 0.25) is 0 Å². The summed E-state index contributed by atoms with van der Waals surface area (Å²) < 4.78 is 1.75. The van der Waals surface area contributed by atoms with Gasteiger partial charge in [-0.05, 0) is 42.9 Å². The van der Waals surface area contributed by atoms with E-state index < -0.39 is 0 Å². The standard InChI is InChI=1S/C23H27N5O/c29-23(24-14-17-27-15-7-12-20-11-4-5-13-22(20)27)21-18-28(26-25-21)16-6-10-19-8-2-1-3-9-19/h1-5,8-9,11,13,18H,6-7,10,12,14-17H2,(H,24,29). The molecule has 29 heavy (non-hydrogen) atoms. The van der Waals surface area contributed by atoms with Crippen molar-refractivity contribution in [1.82, 2.24) is 20.3 Å². The molecule has 0 atom stereocenters. The van der Waals surface area contributed by atoms with Crippen molar-refractivity contribution in [3.05, 3.63) is 77.6 Å². The third kappa shape index (κ3) is 5.02. The largest absolute Gasteiger partial charge is 0.370 e. The molecule has 1 aliphatic rings. The minimum atomic E-state index is -0.162. The van der Waals surface area contributed by atoms with Crippen LogP contribution < -0.4 is 10.2 Å². The van der Waals surface area contributed by atoms with Crippen molar-refractivity contribution >= 4 is 11.6 Å². The number of nitrogens with one attached hydrogen (secondary N) is 1. The molecule has 0 radical (unpaired) electrons. The smallest absolute Gasteiger partial charge is 0.273 e. The molecule has 6 nitrogen and oxygen atoms in total. The summed E-state index contributed by atoms with van der Waals surface area (Å²) in [6, 6.07) is 18.9. The topological polar surface area (TPSA) is 63.1 Å². The van der Waals surface area contributed by atoms with Crippen molar-refractivity contribution in [1.29, 1.82) is 0 Å². The van der Waals surface area contributed by atoms with Gasteiger partial charge >= 0.3 is 0 Å². The van der Waals surface area contributed by atoms with Gasteiger partial charge in [-0.15, -0.1) is 5.10 Å². The number of benzene rings is 2. The highest BCUT2D eigenvalue weighted by Crippen LogP contribution is 2.25. The maximum Gasteiger partial charge on any atom is 0.273 e. The molecule has 1 aromatic heterocycles. The Bertz CT molecular complexity index is 937. The lowest BCUT2D eigenvalue weighted by molar-refractivity contribution is 0.0949. The molecule has 2 aromatic carbocycles. The van der Waals surface area contributed by atoms with E-state index in [0.29, 0.717) is 12.2 Å². The molecular weight excluding hydrogens is 362 g/mol. The molecule has 2 heterocycles. The number of rotatable bonds is 8. The molecule has 4 rings (SSSR count). The molecule has 0 spiro atoms. The second-order valence-corrected chi connectivity index (χ2v) is 7.43. The number of hydrogen-bond donors (Lipinski definition) is 1. The zero-order valence-corrected chi connectivity index (χ0v) is 16.6. The van der Waals surface area contributed by atoms with Crippen LogP contribution in [0.5, 0.6) is 0 Å². The summed E-state index contributed by atoms with van der Waals surface area (Å²) in [5, 5.41) is 11.1. The van der Waals surface area contributed by atoms with E-state index in [2.05, 4.69) is 69.1 Å². The van der Waals surface area contributed by atoms with Crippen molar-refractivity contribution in [2.45, 2.75) is 32.2 Å². The van der Waals surface area contributed by atoms with Crippen molar-refractivity contribution in [2.75, 3.05) is 24.5 Å². The Balaban J connectivity index is 1.23. The van der Waals surface area contributed by atoms with Crippen LogP contribution in [0, 0.1) is 0 Å². The average molecular weight is 390 g/mol. The van der Waals surface area contributed by atoms with Gasteiger partial charge in [0.15, 0.2) is 5.69 Å². The van der Waals surface area contributed by atoms with E-state index in [-0.39, 0.29) is 5.91 Å². The first-order valence-electron chi connectivity index (χ1n) is 10.3. The maximum atomic E-state index is 12.4. The molecule has 0 saturated carbocycles. The SMILES string of the molecule is O=C(NCCN1CCCc2ccccc21)c1cn(CCCc2ccccc2)nn1. The number of carbonyl (C=O) groups is 1. The Morgan fingerprint density at radius 2 is 1.86 bits per heavy atom. The predicted octanol–water partition coefficient (Wildman–Crippen LogP) is 3.09. The van der Waals surface area contributed by atoms with E-state index >= 15 is 0 Å². The van der Waals surface area contributed by atoms with Gasteiger partial charge in [0.05, 0.1) is 6.20 Å². The van der Waals surface area contributed by atoms with E-state index in [9.17, 15) is 4.79 Å². The highest BCUT2D eigenvalue weighted by atomic mass is 16.2. The molecule has 0 bridgehead atoms. The van der Waals surface area contributed by atoms with E-state index in [0.717, 1.165) is 45.3 Å². The zero-order chi connectivity index (χ0) is 19.9. The van der Waals surface area contributed by atoms with Crippen LogP contribution in [0.2, 0.25) is 0 Å².